The average molecular weight is 293 g/mol. The summed E-state index contributed by atoms with van der Waals surface area (Å²) in [6.07, 6.45) is 5.20. The van der Waals surface area contributed by atoms with Gasteiger partial charge in [-0.2, -0.15) is 0 Å². The summed E-state index contributed by atoms with van der Waals surface area (Å²) >= 11 is 0. The first-order valence-corrected chi connectivity index (χ1v) is 8.94. The number of sulfonamides is 1. The van der Waals surface area contributed by atoms with Crippen LogP contribution in [0.25, 0.3) is 0 Å². The lowest BCUT2D eigenvalue weighted by molar-refractivity contribution is 0.280. The maximum Gasteiger partial charge on any atom is 0.243 e. The summed E-state index contributed by atoms with van der Waals surface area (Å²) in [6, 6.07) is 7.25. The van der Waals surface area contributed by atoms with Gasteiger partial charge in [0, 0.05) is 13.6 Å². The van der Waals surface area contributed by atoms with Gasteiger partial charge in [-0.05, 0) is 55.6 Å². The Labute approximate surface area is 122 Å². The molecule has 20 heavy (non-hydrogen) atoms. The van der Waals surface area contributed by atoms with Crippen molar-refractivity contribution in [2.24, 2.45) is 17.8 Å². The highest BCUT2D eigenvalue weighted by atomic mass is 32.2. The molecule has 0 spiro atoms. The topological polar surface area (TPSA) is 37.4 Å². The molecule has 3 nitrogen and oxygen atoms in total. The summed E-state index contributed by atoms with van der Waals surface area (Å²) in [5.74, 6) is 2.19. The molecule has 2 saturated carbocycles. The summed E-state index contributed by atoms with van der Waals surface area (Å²) in [7, 11) is -1.61. The van der Waals surface area contributed by atoms with Gasteiger partial charge < -0.3 is 0 Å². The molecular formula is C16H23NO2S. The molecule has 0 amide bonds. The van der Waals surface area contributed by atoms with Crippen LogP contribution in [0.5, 0.6) is 0 Å². The molecule has 0 aliphatic heterocycles. The highest BCUT2D eigenvalue weighted by Crippen LogP contribution is 2.48. The first-order chi connectivity index (χ1) is 9.48. The largest absolute Gasteiger partial charge is 0.243 e. The number of benzene rings is 1. The molecule has 3 rings (SSSR count). The Bertz CT molecular complexity index is 596. The van der Waals surface area contributed by atoms with E-state index >= 15 is 0 Å². The van der Waals surface area contributed by atoms with E-state index in [1.807, 2.05) is 19.1 Å². The molecular weight excluding hydrogens is 270 g/mol. The lowest BCUT2D eigenvalue weighted by Crippen LogP contribution is -2.34. The van der Waals surface area contributed by atoms with E-state index in [1.54, 1.807) is 23.5 Å². The van der Waals surface area contributed by atoms with Crippen molar-refractivity contribution in [3.63, 3.8) is 0 Å². The van der Waals surface area contributed by atoms with Crippen molar-refractivity contribution in [1.29, 1.82) is 0 Å². The van der Waals surface area contributed by atoms with Crippen molar-refractivity contribution in [3.8, 4) is 0 Å². The zero-order valence-corrected chi connectivity index (χ0v) is 13.1. The SMILES string of the molecule is Cc1ccccc1S(=O)(=O)N(C)CC1CC2CCC1C2. The Morgan fingerprint density at radius 2 is 1.95 bits per heavy atom. The highest BCUT2D eigenvalue weighted by molar-refractivity contribution is 7.89. The number of hydrogen-bond donors (Lipinski definition) is 0. The Morgan fingerprint density at radius 3 is 2.55 bits per heavy atom. The molecule has 2 aliphatic carbocycles. The van der Waals surface area contributed by atoms with Crippen LogP contribution in [0.2, 0.25) is 0 Å². The summed E-state index contributed by atoms with van der Waals surface area (Å²) < 4.78 is 26.9. The van der Waals surface area contributed by atoms with Crippen molar-refractivity contribution in [1.82, 2.24) is 4.31 Å². The van der Waals surface area contributed by atoms with E-state index in [4.69, 9.17) is 0 Å². The molecule has 1 aromatic carbocycles. The molecule has 0 N–H and O–H groups in total. The zero-order valence-electron chi connectivity index (χ0n) is 12.2. The second-order valence-electron chi connectivity index (χ2n) is 6.49. The average Bonchev–Trinajstić information content (AvgIpc) is 3.01. The predicted molar refractivity (Wildman–Crippen MR) is 79.9 cm³/mol. The number of aryl methyl sites for hydroxylation is 1. The van der Waals surface area contributed by atoms with Crippen molar-refractivity contribution in [2.75, 3.05) is 13.6 Å². The fourth-order valence-corrected chi connectivity index (χ4v) is 5.49. The molecule has 0 saturated heterocycles. The molecule has 3 unspecified atom stereocenters. The minimum absolute atomic E-state index is 0.450. The van der Waals surface area contributed by atoms with Gasteiger partial charge in [0.15, 0.2) is 0 Å². The molecule has 2 bridgehead atoms. The van der Waals surface area contributed by atoms with Crippen LogP contribution in [0.15, 0.2) is 29.2 Å². The van der Waals surface area contributed by atoms with E-state index in [0.29, 0.717) is 17.4 Å². The van der Waals surface area contributed by atoms with Crippen LogP contribution in [0.1, 0.15) is 31.2 Å². The standard InChI is InChI=1S/C16H23NO2S/c1-12-5-3-4-6-16(12)20(18,19)17(2)11-15-10-13-7-8-14(15)9-13/h3-6,13-15H,7-11H2,1-2H3. The minimum Gasteiger partial charge on any atom is -0.207 e. The van der Waals surface area contributed by atoms with E-state index in [9.17, 15) is 8.42 Å². The van der Waals surface area contributed by atoms with Crippen molar-refractivity contribution in [2.45, 2.75) is 37.5 Å². The van der Waals surface area contributed by atoms with Gasteiger partial charge in [0.25, 0.3) is 0 Å². The van der Waals surface area contributed by atoms with E-state index in [1.165, 1.54) is 25.7 Å². The van der Waals surface area contributed by atoms with Gasteiger partial charge >= 0.3 is 0 Å². The Balaban J connectivity index is 1.76. The smallest absolute Gasteiger partial charge is 0.207 e. The van der Waals surface area contributed by atoms with Gasteiger partial charge in [0.1, 0.15) is 0 Å². The number of fused-ring (bicyclic) bond motifs is 2. The lowest BCUT2D eigenvalue weighted by atomic mass is 9.89. The molecule has 0 aromatic heterocycles. The molecule has 2 fully saturated rings. The summed E-state index contributed by atoms with van der Waals surface area (Å²) in [4.78, 5) is 0.450. The normalized spacial score (nSPS) is 29.2. The van der Waals surface area contributed by atoms with Gasteiger partial charge in [0.2, 0.25) is 10.0 Å². The van der Waals surface area contributed by atoms with Crippen molar-refractivity contribution in [3.05, 3.63) is 29.8 Å². The maximum absolute atomic E-state index is 12.7. The lowest BCUT2D eigenvalue weighted by Gasteiger charge is -2.27. The molecule has 2 aliphatic rings. The van der Waals surface area contributed by atoms with E-state index in [2.05, 4.69) is 0 Å². The molecule has 3 atom stereocenters. The van der Waals surface area contributed by atoms with Gasteiger partial charge in [-0.15, -0.1) is 0 Å². The molecule has 4 heteroatoms. The zero-order chi connectivity index (χ0) is 14.3. The van der Waals surface area contributed by atoms with Gasteiger partial charge in [0.05, 0.1) is 4.90 Å². The number of hydrogen-bond acceptors (Lipinski definition) is 2. The van der Waals surface area contributed by atoms with E-state index < -0.39 is 10.0 Å². The van der Waals surface area contributed by atoms with E-state index in [0.717, 1.165) is 17.4 Å². The van der Waals surface area contributed by atoms with Crippen LogP contribution >= 0.6 is 0 Å². The van der Waals surface area contributed by atoms with Crippen molar-refractivity contribution >= 4 is 10.0 Å². The third-order valence-electron chi connectivity index (χ3n) is 5.16. The van der Waals surface area contributed by atoms with Crippen LogP contribution in [0.3, 0.4) is 0 Å². The van der Waals surface area contributed by atoms with Gasteiger partial charge in [-0.1, -0.05) is 24.6 Å². The summed E-state index contributed by atoms with van der Waals surface area (Å²) in [5.41, 5.74) is 0.826. The first-order valence-electron chi connectivity index (χ1n) is 7.50. The first kappa shape index (κ1) is 14.1. The predicted octanol–water partition coefficient (Wildman–Crippen LogP) is 3.05. The van der Waals surface area contributed by atoms with Crippen LogP contribution in [-0.2, 0) is 10.0 Å². The fourth-order valence-electron chi connectivity index (χ4n) is 4.04. The highest BCUT2D eigenvalue weighted by Gasteiger charge is 2.40. The third-order valence-corrected chi connectivity index (χ3v) is 7.14. The molecule has 110 valence electrons. The van der Waals surface area contributed by atoms with Crippen LogP contribution in [0.4, 0.5) is 0 Å². The monoisotopic (exact) mass is 293 g/mol. The fraction of sp³-hybridized carbons (Fsp3) is 0.625. The molecule has 0 radical (unpaired) electrons. The van der Waals surface area contributed by atoms with Gasteiger partial charge in [-0.3, -0.25) is 0 Å². The van der Waals surface area contributed by atoms with Crippen LogP contribution in [0, 0.1) is 24.7 Å². The molecule has 0 heterocycles. The second-order valence-corrected chi connectivity index (χ2v) is 8.50. The number of rotatable bonds is 4. The summed E-state index contributed by atoms with van der Waals surface area (Å²) in [5, 5.41) is 0. The Morgan fingerprint density at radius 1 is 1.20 bits per heavy atom. The summed E-state index contributed by atoms with van der Waals surface area (Å²) in [6.45, 7) is 2.54. The molecule has 1 aromatic rings. The maximum atomic E-state index is 12.7. The van der Waals surface area contributed by atoms with Gasteiger partial charge in [-0.25, -0.2) is 12.7 Å². The third kappa shape index (κ3) is 2.40. The Kier molecular flexibility index (Phi) is 3.63. The Hall–Kier alpha value is -0.870. The minimum atomic E-state index is -3.34. The van der Waals surface area contributed by atoms with Crippen molar-refractivity contribution < 1.29 is 8.42 Å². The van der Waals surface area contributed by atoms with Crippen LogP contribution < -0.4 is 0 Å². The van der Waals surface area contributed by atoms with Crippen LogP contribution in [-0.4, -0.2) is 26.3 Å². The quantitative estimate of drug-likeness (QED) is 0.855. The number of nitrogens with zero attached hydrogens (tertiary/aromatic N) is 1. The van der Waals surface area contributed by atoms with E-state index in [-0.39, 0.29) is 0 Å². The second kappa shape index (κ2) is 5.15.